The van der Waals surface area contributed by atoms with Crippen molar-refractivity contribution in [3.63, 3.8) is 0 Å². The molecule has 0 aliphatic rings. The monoisotopic (exact) mass is 461 g/mol. The Hall–Kier alpha value is -3.64. The summed E-state index contributed by atoms with van der Waals surface area (Å²) in [6, 6.07) is 20.6. The number of rotatable bonds is 8. The van der Waals surface area contributed by atoms with E-state index in [1.807, 2.05) is 74.5 Å². The first-order chi connectivity index (χ1) is 16.0. The van der Waals surface area contributed by atoms with Gasteiger partial charge in [0, 0.05) is 10.7 Å². The highest BCUT2D eigenvalue weighted by molar-refractivity contribution is 6.30. The molecule has 0 aliphatic carbocycles. The number of benzene rings is 2. The van der Waals surface area contributed by atoms with Crippen LogP contribution < -0.4 is 10.1 Å². The molecule has 1 atom stereocenters. The van der Waals surface area contributed by atoms with E-state index in [1.165, 1.54) is 0 Å². The molecule has 0 saturated carbocycles. The Morgan fingerprint density at radius 1 is 1.03 bits per heavy atom. The van der Waals surface area contributed by atoms with Crippen molar-refractivity contribution in [2.45, 2.75) is 32.9 Å². The quantitative estimate of drug-likeness (QED) is 0.382. The van der Waals surface area contributed by atoms with Crippen LogP contribution >= 0.6 is 11.6 Å². The predicted octanol–water partition coefficient (Wildman–Crippen LogP) is 5.37. The zero-order chi connectivity index (χ0) is 23.2. The van der Waals surface area contributed by atoms with Crippen molar-refractivity contribution in [2.75, 3.05) is 0 Å². The van der Waals surface area contributed by atoms with E-state index in [4.69, 9.17) is 20.9 Å². The first-order valence-corrected chi connectivity index (χ1v) is 11.0. The Morgan fingerprint density at radius 3 is 2.39 bits per heavy atom. The summed E-state index contributed by atoms with van der Waals surface area (Å²) < 4.78 is 10.9. The van der Waals surface area contributed by atoms with E-state index in [-0.39, 0.29) is 18.4 Å². The van der Waals surface area contributed by atoms with Gasteiger partial charge in [-0.3, -0.25) is 9.78 Å². The molecule has 0 saturated heterocycles. The number of hydrogen-bond donors (Lipinski definition) is 1. The summed E-state index contributed by atoms with van der Waals surface area (Å²) in [5.74, 6) is 1.22. The van der Waals surface area contributed by atoms with Crippen LogP contribution in [0.4, 0.5) is 0 Å². The van der Waals surface area contributed by atoms with Gasteiger partial charge in [-0.1, -0.05) is 59.2 Å². The number of aryl methyl sites for hydroxylation is 2. The molecule has 0 aliphatic heterocycles. The number of nitrogens with one attached hydrogen (secondary N) is 1. The van der Waals surface area contributed by atoms with Crippen LogP contribution in [0.3, 0.4) is 0 Å². The molecule has 168 valence electrons. The van der Waals surface area contributed by atoms with Crippen molar-refractivity contribution in [1.82, 2.24) is 15.5 Å². The number of nitrogens with zero attached hydrogens (tertiary/aromatic N) is 2. The van der Waals surface area contributed by atoms with Crippen molar-refractivity contribution < 1.29 is 14.1 Å². The molecular formula is C26H24ClN3O3. The summed E-state index contributed by atoms with van der Waals surface area (Å²) in [4.78, 5) is 17.2. The number of halogens is 1. The molecule has 0 radical (unpaired) electrons. The molecule has 33 heavy (non-hydrogen) atoms. The summed E-state index contributed by atoms with van der Waals surface area (Å²) in [5.41, 5.74) is 4.33. The van der Waals surface area contributed by atoms with E-state index in [2.05, 4.69) is 15.5 Å². The molecule has 1 N–H and O–H groups in total. The van der Waals surface area contributed by atoms with Crippen LogP contribution in [-0.4, -0.2) is 16.0 Å². The van der Waals surface area contributed by atoms with E-state index in [0.29, 0.717) is 23.1 Å². The smallest absolute Gasteiger partial charge is 0.226 e. The van der Waals surface area contributed by atoms with E-state index in [9.17, 15) is 4.79 Å². The maximum atomic E-state index is 12.9. The first-order valence-electron chi connectivity index (χ1n) is 10.6. The van der Waals surface area contributed by atoms with Crippen LogP contribution in [0.15, 0.2) is 77.4 Å². The van der Waals surface area contributed by atoms with Gasteiger partial charge >= 0.3 is 0 Å². The SMILES string of the molecule is Cc1noc(C)c1COc1ccc(CC(=O)NC(c2ccccc2)c2ccc(Cl)cc2)nc1. The largest absolute Gasteiger partial charge is 0.487 e. The number of pyridine rings is 1. The summed E-state index contributed by atoms with van der Waals surface area (Å²) >= 11 is 6.04. The standard InChI is InChI=1S/C26H24ClN3O3/c1-17-24(18(2)33-30-17)16-32-23-13-12-22(28-15-23)14-25(31)29-26(19-6-4-3-5-7-19)20-8-10-21(27)11-9-20/h3-13,15,26H,14,16H2,1-2H3,(H,29,31). The van der Waals surface area contributed by atoms with Gasteiger partial charge in [-0.15, -0.1) is 0 Å². The van der Waals surface area contributed by atoms with Crippen LogP contribution in [0.2, 0.25) is 5.02 Å². The molecule has 7 heteroatoms. The lowest BCUT2D eigenvalue weighted by Crippen LogP contribution is -2.30. The normalized spacial score (nSPS) is 11.7. The van der Waals surface area contributed by atoms with Crippen molar-refractivity contribution in [1.29, 1.82) is 0 Å². The van der Waals surface area contributed by atoms with Gasteiger partial charge < -0.3 is 14.6 Å². The van der Waals surface area contributed by atoms with Gasteiger partial charge in [-0.25, -0.2) is 0 Å². The molecule has 6 nitrogen and oxygen atoms in total. The van der Waals surface area contributed by atoms with Gasteiger partial charge in [0.25, 0.3) is 0 Å². The molecule has 2 aromatic carbocycles. The van der Waals surface area contributed by atoms with Gasteiger partial charge in [-0.05, 0) is 49.2 Å². The van der Waals surface area contributed by atoms with Crippen LogP contribution in [0.25, 0.3) is 0 Å². The van der Waals surface area contributed by atoms with Crippen molar-refractivity contribution >= 4 is 17.5 Å². The molecule has 2 heterocycles. The number of carbonyl (C=O) groups is 1. The third-order valence-electron chi connectivity index (χ3n) is 5.35. The molecule has 0 fully saturated rings. The van der Waals surface area contributed by atoms with Crippen LogP contribution in [-0.2, 0) is 17.8 Å². The lowest BCUT2D eigenvalue weighted by atomic mass is 9.98. The molecule has 4 aromatic rings. The Morgan fingerprint density at radius 2 is 1.76 bits per heavy atom. The fraction of sp³-hybridized carbons (Fsp3) is 0.192. The highest BCUT2D eigenvalue weighted by Crippen LogP contribution is 2.24. The average Bonchev–Trinajstić information content (AvgIpc) is 3.15. The molecule has 1 unspecified atom stereocenters. The number of amides is 1. The number of ether oxygens (including phenoxy) is 1. The Balaban J connectivity index is 1.40. The van der Waals surface area contributed by atoms with Gasteiger partial charge in [-0.2, -0.15) is 0 Å². The van der Waals surface area contributed by atoms with E-state index in [1.54, 1.807) is 12.3 Å². The van der Waals surface area contributed by atoms with E-state index >= 15 is 0 Å². The van der Waals surface area contributed by atoms with Gasteiger partial charge in [0.15, 0.2) is 0 Å². The van der Waals surface area contributed by atoms with E-state index < -0.39 is 0 Å². The lowest BCUT2D eigenvalue weighted by molar-refractivity contribution is -0.121. The molecule has 4 rings (SSSR count). The van der Waals surface area contributed by atoms with Gasteiger partial charge in [0.1, 0.15) is 18.1 Å². The van der Waals surface area contributed by atoms with Crippen LogP contribution in [0, 0.1) is 13.8 Å². The minimum absolute atomic E-state index is 0.129. The number of carbonyl (C=O) groups excluding carboxylic acids is 1. The fourth-order valence-corrected chi connectivity index (χ4v) is 3.63. The maximum Gasteiger partial charge on any atom is 0.226 e. The second-order valence-electron chi connectivity index (χ2n) is 7.72. The lowest BCUT2D eigenvalue weighted by Gasteiger charge is -2.20. The molecule has 1 amide bonds. The minimum atomic E-state index is -0.284. The number of aromatic nitrogens is 2. The minimum Gasteiger partial charge on any atom is -0.487 e. The van der Waals surface area contributed by atoms with Crippen LogP contribution in [0.1, 0.15) is 39.9 Å². The summed E-state index contributed by atoms with van der Waals surface area (Å²) in [6.07, 6.45) is 1.77. The van der Waals surface area contributed by atoms with Crippen molar-refractivity contribution in [2.24, 2.45) is 0 Å². The molecular weight excluding hydrogens is 438 g/mol. The summed E-state index contributed by atoms with van der Waals surface area (Å²) in [7, 11) is 0. The Bertz CT molecular complexity index is 1190. The Labute approximate surface area is 197 Å². The molecule has 2 aromatic heterocycles. The fourth-order valence-electron chi connectivity index (χ4n) is 3.50. The van der Waals surface area contributed by atoms with E-state index in [0.717, 1.165) is 28.1 Å². The average molecular weight is 462 g/mol. The molecule has 0 bridgehead atoms. The molecule has 0 spiro atoms. The van der Waals surface area contributed by atoms with Crippen LogP contribution in [0.5, 0.6) is 5.75 Å². The highest BCUT2D eigenvalue weighted by Gasteiger charge is 2.17. The zero-order valence-electron chi connectivity index (χ0n) is 18.4. The predicted molar refractivity (Wildman–Crippen MR) is 126 cm³/mol. The summed E-state index contributed by atoms with van der Waals surface area (Å²) in [5, 5.41) is 7.69. The summed E-state index contributed by atoms with van der Waals surface area (Å²) in [6.45, 7) is 4.08. The zero-order valence-corrected chi connectivity index (χ0v) is 19.2. The third-order valence-corrected chi connectivity index (χ3v) is 5.60. The third kappa shape index (κ3) is 5.79. The van der Waals surface area contributed by atoms with Crippen molar-refractivity contribution in [3.8, 4) is 5.75 Å². The Kier molecular flexibility index (Phi) is 7.05. The highest BCUT2D eigenvalue weighted by atomic mass is 35.5. The topological polar surface area (TPSA) is 77.2 Å². The van der Waals surface area contributed by atoms with Gasteiger partial charge in [0.05, 0.1) is 29.9 Å². The second-order valence-corrected chi connectivity index (χ2v) is 8.15. The van der Waals surface area contributed by atoms with Crippen molar-refractivity contribution in [3.05, 3.63) is 112 Å². The second kappa shape index (κ2) is 10.3. The first kappa shape index (κ1) is 22.6. The maximum absolute atomic E-state index is 12.9. The number of hydrogen-bond acceptors (Lipinski definition) is 5. The van der Waals surface area contributed by atoms with Gasteiger partial charge in [0.2, 0.25) is 5.91 Å².